The maximum absolute atomic E-state index is 12.4. The zero-order valence-electron chi connectivity index (χ0n) is 12.9. The molecule has 0 saturated heterocycles. The summed E-state index contributed by atoms with van der Waals surface area (Å²) in [5.74, 6) is 0.536. The van der Waals surface area contributed by atoms with E-state index < -0.39 is 0 Å². The lowest BCUT2D eigenvalue weighted by molar-refractivity contribution is 0.0943. The summed E-state index contributed by atoms with van der Waals surface area (Å²) in [5, 5.41) is 3.10. The first kappa shape index (κ1) is 14.7. The molecule has 1 amide bonds. The number of benzene rings is 1. The number of nitrogens with two attached hydrogens (primary N) is 1. The highest BCUT2D eigenvalue weighted by Gasteiger charge is 2.65. The van der Waals surface area contributed by atoms with Gasteiger partial charge in [0.1, 0.15) is 5.75 Å². The van der Waals surface area contributed by atoms with Crippen LogP contribution >= 0.6 is 0 Å². The lowest BCUT2D eigenvalue weighted by atomic mass is 10.0. The largest absolute Gasteiger partial charge is 0.494 e. The second-order valence-corrected chi connectivity index (χ2v) is 6.57. The monoisotopic (exact) mass is 276 g/mol. The van der Waals surface area contributed by atoms with Gasteiger partial charge in [-0.2, -0.15) is 0 Å². The fourth-order valence-electron chi connectivity index (χ4n) is 2.77. The van der Waals surface area contributed by atoms with Crippen molar-refractivity contribution in [1.82, 2.24) is 5.32 Å². The Bertz CT molecular complexity index is 521. The summed E-state index contributed by atoms with van der Waals surface area (Å²) >= 11 is 0. The Morgan fingerprint density at radius 3 is 2.35 bits per heavy atom. The number of ether oxygens (including phenoxy) is 1. The molecule has 4 nitrogen and oxygen atoms in total. The van der Waals surface area contributed by atoms with Crippen LogP contribution in [0.2, 0.25) is 0 Å². The molecule has 0 aliphatic heterocycles. The van der Waals surface area contributed by atoms with E-state index in [1.807, 2.05) is 6.92 Å². The number of nitrogen functional groups attached to an aromatic ring is 1. The minimum absolute atomic E-state index is 0.0955. The lowest BCUT2D eigenvalue weighted by Gasteiger charge is -2.10. The van der Waals surface area contributed by atoms with Gasteiger partial charge < -0.3 is 15.8 Å². The van der Waals surface area contributed by atoms with Crippen LogP contribution in [0.25, 0.3) is 0 Å². The number of rotatable bonds is 4. The minimum atomic E-state index is -0.0955. The van der Waals surface area contributed by atoms with Gasteiger partial charge in [0.15, 0.2) is 0 Å². The van der Waals surface area contributed by atoms with E-state index in [-0.39, 0.29) is 22.8 Å². The Hall–Kier alpha value is -1.71. The highest BCUT2D eigenvalue weighted by Crippen LogP contribution is 2.62. The van der Waals surface area contributed by atoms with Crippen molar-refractivity contribution in [3.8, 4) is 5.75 Å². The standard InChI is InChI=1S/C16H24N2O2/c1-6-20-12-8-10(7-11(17)9-12)13(19)18-14-15(2,3)16(14,4)5/h7-9,14H,6,17H2,1-5H3,(H,18,19). The van der Waals surface area contributed by atoms with Crippen LogP contribution < -0.4 is 15.8 Å². The fraction of sp³-hybridized carbons (Fsp3) is 0.562. The minimum Gasteiger partial charge on any atom is -0.494 e. The maximum Gasteiger partial charge on any atom is 0.251 e. The molecule has 4 heteroatoms. The van der Waals surface area contributed by atoms with Crippen molar-refractivity contribution in [2.24, 2.45) is 10.8 Å². The van der Waals surface area contributed by atoms with E-state index in [4.69, 9.17) is 10.5 Å². The summed E-state index contributed by atoms with van der Waals surface area (Å²) in [6.45, 7) is 11.1. The molecule has 0 atom stereocenters. The van der Waals surface area contributed by atoms with Gasteiger partial charge in [0.05, 0.1) is 6.61 Å². The van der Waals surface area contributed by atoms with Gasteiger partial charge >= 0.3 is 0 Å². The first-order valence-corrected chi connectivity index (χ1v) is 7.04. The van der Waals surface area contributed by atoms with Crippen molar-refractivity contribution in [2.75, 3.05) is 12.3 Å². The number of carbonyl (C=O) groups is 1. The average molecular weight is 276 g/mol. The van der Waals surface area contributed by atoms with Crippen LogP contribution in [0.4, 0.5) is 5.69 Å². The van der Waals surface area contributed by atoms with Crippen LogP contribution in [0.1, 0.15) is 45.0 Å². The number of amides is 1. The summed E-state index contributed by atoms with van der Waals surface area (Å²) in [6, 6.07) is 5.32. The topological polar surface area (TPSA) is 64.3 Å². The molecule has 1 aliphatic rings. The second-order valence-electron chi connectivity index (χ2n) is 6.57. The van der Waals surface area contributed by atoms with Gasteiger partial charge in [-0.3, -0.25) is 4.79 Å². The predicted octanol–water partition coefficient (Wildman–Crippen LogP) is 2.83. The molecule has 1 aliphatic carbocycles. The van der Waals surface area contributed by atoms with Gasteiger partial charge in [-0.25, -0.2) is 0 Å². The number of anilines is 1. The third-order valence-electron chi connectivity index (χ3n) is 4.80. The van der Waals surface area contributed by atoms with Gasteiger partial charge in [-0.1, -0.05) is 27.7 Å². The predicted molar refractivity (Wildman–Crippen MR) is 80.8 cm³/mol. The first-order valence-electron chi connectivity index (χ1n) is 7.04. The van der Waals surface area contributed by atoms with Crippen LogP contribution in [-0.2, 0) is 0 Å². The fourth-order valence-corrected chi connectivity index (χ4v) is 2.77. The van der Waals surface area contributed by atoms with E-state index in [1.54, 1.807) is 18.2 Å². The van der Waals surface area contributed by atoms with Gasteiger partial charge in [0, 0.05) is 23.4 Å². The zero-order chi connectivity index (χ0) is 15.1. The van der Waals surface area contributed by atoms with Crippen molar-refractivity contribution >= 4 is 11.6 Å². The average Bonchev–Trinajstić information content (AvgIpc) is 2.71. The molecule has 2 rings (SSSR count). The van der Waals surface area contributed by atoms with E-state index in [0.29, 0.717) is 23.6 Å². The summed E-state index contributed by atoms with van der Waals surface area (Å²) in [4.78, 5) is 12.4. The van der Waals surface area contributed by atoms with Crippen LogP contribution in [0.5, 0.6) is 5.75 Å². The third kappa shape index (κ3) is 2.35. The van der Waals surface area contributed by atoms with Crippen molar-refractivity contribution in [3.05, 3.63) is 23.8 Å². The molecule has 1 aromatic carbocycles. The Morgan fingerprint density at radius 1 is 1.25 bits per heavy atom. The smallest absolute Gasteiger partial charge is 0.251 e. The first-order chi connectivity index (χ1) is 9.20. The van der Waals surface area contributed by atoms with Crippen molar-refractivity contribution < 1.29 is 9.53 Å². The van der Waals surface area contributed by atoms with E-state index in [0.717, 1.165) is 0 Å². The molecule has 0 radical (unpaired) electrons. The second kappa shape index (κ2) is 4.69. The number of hydrogen-bond acceptors (Lipinski definition) is 3. The van der Waals surface area contributed by atoms with E-state index in [9.17, 15) is 4.79 Å². The van der Waals surface area contributed by atoms with Crippen LogP contribution in [0.15, 0.2) is 18.2 Å². The van der Waals surface area contributed by atoms with Gasteiger partial charge in [-0.15, -0.1) is 0 Å². The highest BCUT2D eigenvalue weighted by atomic mass is 16.5. The molecule has 1 aromatic rings. The quantitative estimate of drug-likeness (QED) is 0.831. The maximum atomic E-state index is 12.4. The number of nitrogens with one attached hydrogen (secondary N) is 1. The zero-order valence-corrected chi connectivity index (χ0v) is 12.9. The Balaban J connectivity index is 2.15. The molecule has 0 spiro atoms. The number of hydrogen-bond donors (Lipinski definition) is 2. The molecular weight excluding hydrogens is 252 g/mol. The van der Waals surface area contributed by atoms with Crippen molar-refractivity contribution in [3.63, 3.8) is 0 Å². The Morgan fingerprint density at radius 2 is 1.85 bits per heavy atom. The molecule has 0 unspecified atom stereocenters. The molecule has 20 heavy (non-hydrogen) atoms. The van der Waals surface area contributed by atoms with Gasteiger partial charge in [-0.05, 0) is 29.9 Å². The molecule has 3 N–H and O–H groups in total. The molecule has 0 aromatic heterocycles. The molecule has 0 bridgehead atoms. The third-order valence-corrected chi connectivity index (χ3v) is 4.80. The van der Waals surface area contributed by atoms with Crippen molar-refractivity contribution in [2.45, 2.75) is 40.7 Å². The molecule has 1 saturated carbocycles. The summed E-state index contributed by atoms with van der Waals surface area (Å²) < 4.78 is 5.42. The summed E-state index contributed by atoms with van der Waals surface area (Å²) in [7, 11) is 0. The van der Waals surface area contributed by atoms with E-state index in [2.05, 4.69) is 33.0 Å². The van der Waals surface area contributed by atoms with Crippen LogP contribution in [-0.4, -0.2) is 18.6 Å². The SMILES string of the molecule is CCOc1cc(N)cc(C(=O)NC2C(C)(C)C2(C)C)c1. The van der Waals surface area contributed by atoms with Gasteiger partial charge in [0.2, 0.25) is 0 Å². The lowest BCUT2D eigenvalue weighted by Crippen LogP contribution is -2.29. The van der Waals surface area contributed by atoms with Crippen molar-refractivity contribution in [1.29, 1.82) is 0 Å². The number of carbonyl (C=O) groups excluding carboxylic acids is 1. The molecule has 1 fully saturated rings. The molecular formula is C16H24N2O2. The van der Waals surface area contributed by atoms with E-state index >= 15 is 0 Å². The molecule has 110 valence electrons. The highest BCUT2D eigenvalue weighted by molar-refractivity contribution is 5.96. The Kier molecular flexibility index (Phi) is 3.44. The summed E-state index contributed by atoms with van der Waals surface area (Å²) in [5.41, 5.74) is 7.14. The molecule has 0 heterocycles. The normalized spacial score (nSPS) is 19.4. The van der Waals surface area contributed by atoms with Crippen LogP contribution in [0, 0.1) is 10.8 Å². The van der Waals surface area contributed by atoms with Gasteiger partial charge in [0.25, 0.3) is 5.91 Å². The van der Waals surface area contributed by atoms with Crippen LogP contribution in [0.3, 0.4) is 0 Å². The van der Waals surface area contributed by atoms with E-state index in [1.165, 1.54) is 0 Å². The Labute approximate surface area is 120 Å². The summed E-state index contributed by atoms with van der Waals surface area (Å²) in [6.07, 6.45) is 0.